The molecule has 0 bridgehead atoms. The molecule has 1 fully saturated rings. The van der Waals surface area contributed by atoms with Crippen LogP contribution in [0.1, 0.15) is 49.1 Å². The second kappa shape index (κ2) is 5.52. The van der Waals surface area contributed by atoms with E-state index in [1.54, 1.807) is 10.3 Å². The maximum Gasteiger partial charge on any atom is 0.308 e. The summed E-state index contributed by atoms with van der Waals surface area (Å²) in [5.74, 6) is -1.42. The molecule has 0 spiro atoms. The first-order valence-corrected chi connectivity index (χ1v) is 7.65. The van der Waals surface area contributed by atoms with Gasteiger partial charge in [-0.2, -0.15) is 0 Å². The van der Waals surface area contributed by atoms with Crippen LogP contribution in [0.25, 0.3) is 0 Å². The van der Waals surface area contributed by atoms with Crippen LogP contribution >= 0.6 is 11.3 Å². The van der Waals surface area contributed by atoms with Gasteiger partial charge in [0, 0.05) is 23.9 Å². The molecule has 2 rings (SSSR count). The highest BCUT2D eigenvalue weighted by Gasteiger charge is 2.30. The van der Waals surface area contributed by atoms with Gasteiger partial charge >= 0.3 is 5.97 Å². The Kier molecular flexibility index (Phi) is 4.13. The quantitative estimate of drug-likeness (QED) is 0.909. The fourth-order valence-electron chi connectivity index (χ4n) is 2.24. The number of hydrogen-bond donors (Lipinski definition) is 1. The van der Waals surface area contributed by atoms with Gasteiger partial charge < -0.3 is 10.0 Å². The Bertz CT molecular complexity index is 519. The van der Waals surface area contributed by atoms with E-state index in [1.807, 2.05) is 0 Å². The molecule has 1 aromatic rings. The minimum atomic E-state index is -0.823. The van der Waals surface area contributed by atoms with Gasteiger partial charge in [-0.3, -0.25) is 9.59 Å². The molecule has 1 aromatic heterocycles. The van der Waals surface area contributed by atoms with Crippen molar-refractivity contribution in [3.63, 3.8) is 0 Å². The summed E-state index contributed by atoms with van der Waals surface area (Å²) in [6.45, 7) is 7.08. The van der Waals surface area contributed by atoms with E-state index in [0.717, 1.165) is 11.4 Å². The number of carbonyl (C=O) groups is 2. The minimum Gasteiger partial charge on any atom is -0.481 e. The Balaban J connectivity index is 2.11. The predicted octanol–water partition coefficient (Wildman–Crippen LogP) is 2.38. The topological polar surface area (TPSA) is 70.5 Å². The molecule has 2 heterocycles. The molecule has 1 amide bonds. The van der Waals surface area contributed by atoms with E-state index in [-0.39, 0.29) is 17.9 Å². The molecule has 1 aliphatic rings. The molecule has 20 heavy (non-hydrogen) atoms. The van der Waals surface area contributed by atoms with Gasteiger partial charge in [-0.15, -0.1) is 11.3 Å². The predicted molar refractivity (Wildman–Crippen MR) is 77.1 cm³/mol. The van der Waals surface area contributed by atoms with E-state index in [0.29, 0.717) is 18.7 Å². The lowest BCUT2D eigenvalue weighted by molar-refractivity contribution is -0.143. The molecule has 1 unspecified atom stereocenters. The third-order valence-electron chi connectivity index (χ3n) is 3.42. The monoisotopic (exact) mass is 296 g/mol. The molecule has 6 heteroatoms. The highest BCUT2D eigenvalue weighted by atomic mass is 32.1. The Hall–Kier alpha value is -1.43. The normalized spacial score (nSPS) is 19.9. The zero-order chi connectivity index (χ0) is 14.9. The molecule has 110 valence electrons. The van der Waals surface area contributed by atoms with Gasteiger partial charge in [0.15, 0.2) is 0 Å². The van der Waals surface area contributed by atoms with Crippen molar-refractivity contribution < 1.29 is 14.7 Å². The van der Waals surface area contributed by atoms with E-state index in [4.69, 9.17) is 5.11 Å². The first-order valence-electron chi connectivity index (χ1n) is 6.77. The van der Waals surface area contributed by atoms with Gasteiger partial charge in [0.25, 0.3) is 5.91 Å². The lowest BCUT2D eigenvalue weighted by Gasteiger charge is -2.30. The van der Waals surface area contributed by atoms with Crippen LogP contribution in [0.4, 0.5) is 0 Å². The maximum atomic E-state index is 12.4. The molecule has 5 nitrogen and oxygen atoms in total. The summed E-state index contributed by atoms with van der Waals surface area (Å²) >= 11 is 1.48. The number of likely N-dealkylation sites (tertiary alicyclic amines) is 1. The molecule has 1 atom stereocenters. The van der Waals surface area contributed by atoms with Crippen LogP contribution in [0, 0.1) is 5.92 Å². The van der Waals surface area contributed by atoms with Crippen LogP contribution in [-0.4, -0.2) is 40.0 Å². The SMILES string of the molecule is CC(C)(C)c1nc(C(=O)N2CCCC(C(=O)O)C2)cs1. The number of carbonyl (C=O) groups excluding carboxylic acids is 1. The van der Waals surface area contributed by atoms with Crippen LogP contribution in [0.2, 0.25) is 0 Å². The third-order valence-corrected chi connectivity index (χ3v) is 4.69. The van der Waals surface area contributed by atoms with Gasteiger partial charge in [0.05, 0.1) is 10.9 Å². The molecular formula is C14H20N2O3S. The number of carboxylic acid groups (broad SMARTS) is 1. The first-order chi connectivity index (χ1) is 9.29. The summed E-state index contributed by atoms with van der Waals surface area (Å²) in [5.41, 5.74) is 0.361. The molecular weight excluding hydrogens is 276 g/mol. The number of rotatable bonds is 2. The van der Waals surface area contributed by atoms with Gasteiger partial charge in [0.1, 0.15) is 5.69 Å². The van der Waals surface area contributed by atoms with Gasteiger partial charge in [-0.25, -0.2) is 4.98 Å². The smallest absolute Gasteiger partial charge is 0.308 e. The van der Waals surface area contributed by atoms with Crippen molar-refractivity contribution in [2.75, 3.05) is 13.1 Å². The summed E-state index contributed by atoms with van der Waals surface area (Å²) < 4.78 is 0. The van der Waals surface area contributed by atoms with Crippen molar-refractivity contribution in [1.29, 1.82) is 0 Å². The van der Waals surface area contributed by atoms with E-state index in [1.165, 1.54) is 11.3 Å². The highest BCUT2D eigenvalue weighted by Crippen LogP contribution is 2.26. The highest BCUT2D eigenvalue weighted by molar-refractivity contribution is 7.10. The molecule has 1 saturated heterocycles. The number of piperidine rings is 1. The van der Waals surface area contributed by atoms with Crippen molar-refractivity contribution in [3.05, 3.63) is 16.1 Å². The molecule has 1 N–H and O–H groups in total. The standard InChI is InChI=1S/C14H20N2O3S/c1-14(2,3)13-15-10(8-20-13)11(17)16-6-4-5-9(7-16)12(18)19/h8-9H,4-7H2,1-3H3,(H,18,19). The second-order valence-electron chi connectivity index (χ2n) is 6.22. The Morgan fingerprint density at radius 2 is 2.15 bits per heavy atom. The van der Waals surface area contributed by atoms with Crippen molar-refractivity contribution in [3.8, 4) is 0 Å². The zero-order valence-electron chi connectivity index (χ0n) is 12.0. The van der Waals surface area contributed by atoms with Crippen molar-refractivity contribution in [1.82, 2.24) is 9.88 Å². The lowest BCUT2D eigenvalue weighted by Crippen LogP contribution is -2.42. The largest absolute Gasteiger partial charge is 0.481 e. The Morgan fingerprint density at radius 3 is 2.70 bits per heavy atom. The summed E-state index contributed by atoms with van der Waals surface area (Å²) in [4.78, 5) is 29.4. The number of carboxylic acids is 1. The van der Waals surface area contributed by atoms with Crippen molar-refractivity contribution in [2.45, 2.75) is 39.0 Å². The van der Waals surface area contributed by atoms with Crippen LogP contribution in [0.5, 0.6) is 0 Å². The third kappa shape index (κ3) is 3.17. The van der Waals surface area contributed by atoms with E-state index < -0.39 is 11.9 Å². The average Bonchev–Trinajstić information content (AvgIpc) is 2.87. The van der Waals surface area contributed by atoms with Gasteiger partial charge in [0.2, 0.25) is 0 Å². The van der Waals surface area contributed by atoms with Gasteiger partial charge in [-0.1, -0.05) is 20.8 Å². The van der Waals surface area contributed by atoms with Crippen molar-refractivity contribution in [2.24, 2.45) is 5.92 Å². The van der Waals surface area contributed by atoms with Gasteiger partial charge in [-0.05, 0) is 12.8 Å². The summed E-state index contributed by atoms with van der Waals surface area (Å²) in [7, 11) is 0. The number of aliphatic carboxylic acids is 1. The lowest BCUT2D eigenvalue weighted by atomic mass is 9.98. The first kappa shape index (κ1) is 15.0. The zero-order valence-corrected chi connectivity index (χ0v) is 12.9. The fraction of sp³-hybridized carbons (Fsp3) is 0.643. The molecule has 0 aromatic carbocycles. The Morgan fingerprint density at radius 1 is 1.45 bits per heavy atom. The number of hydrogen-bond acceptors (Lipinski definition) is 4. The second-order valence-corrected chi connectivity index (χ2v) is 7.07. The Labute approximate surface area is 122 Å². The van der Waals surface area contributed by atoms with Crippen molar-refractivity contribution >= 4 is 23.2 Å². The molecule has 0 radical (unpaired) electrons. The number of aromatic nitrogens is 1. The average molecular weight is 296 g/mol. The van der Waals surface area contributed by atoms with E-state index >= 15 is 0 Å². The summed E-state index contributed by atoms with van der Waals surface area (Å²) in [6.07, 6.45) is 1.38. The van der Waals surface area contributed by atoms with Crippen LogP contribution in [0.3, 0.4) is 0 Å². The van der Waals surface area contributed by atoms with Crippen LogP contribution in [0.15, 0.2) is 5.38 Å². The molecule has 0 saturated carbocycles. The van der Waals surface area contributed by atoms with Crippen LogP contribution < -0.4 is 0 Å². The summed E-state index contributed by atoms with van der Waals surface area (Å²) in [6, 6.07) is 0. The number of amides is 1. The molecule has 0 aliphatic carbocycles. The fourth-order valence-corrected chi connectivity index (χ4v) is 3.12. The summed E-state index contributed by atoms with van der Waals surface area (Å²) in [5, 5.41) is 11.8. The molecule has 1 aliphatic heterocycles. The minimum absolute atomic E-state index is 0.0747. The number of thiazole rings is 1. The van der Waals surface area contributed by atoms with Crippen LogP contribution in [-0.2, 0) is 10.2 Å². The number of nitrogens with zero attached hydrogens (tertiary/aromatic N) is 2. The maximum absolute atomic E-state index is 12.4. The van der Waals surface area contributed by atoms with E-state index in [9.17, 15) is 9.59 Å². The van der Waals surface area contributed by atoms with E-state index in [2.05, 4.69) is 25.8 Å².